The van der Waals surface area contributed by atoms with Crippen molar-refractivity contribution in [3.05, 3.63) is 29.8 Å². The lowest BCUT2D eigenvalue weighted by Crippen LogP contribution is -2.51. The molecule has 1 aromatic rings. The number of nitrogens with two attached hydrogens (primary N) is 3. The number of amides is 1. The molecule has 1 unspecified atom stereocenters. The van der Waals surface area contributed by atoms with Crippen LogP contribution in [0.1, 0.15) is 45.6 Å². The van der Waals surface area contributed by atoms with Crippen molar-refractivity contribution in [3.8, 4) is 5.75 Å². The Morgan fingerprint density at radius 3 is 2.08 bits per heavy atom. The summed E-state index contributed by atoms with van der Waals surface area (Å²) in [5, 5.41) is 40.2. The van der Waals surface area contributed by atoms with E-state index in [1.165, 1.54) is 19.1 Å². The number of aliphatic hydroxyl groups excluding tert-OH is 1. The maximum Gasteiger partial charge on any atom is 0.320 e. The number of rotatable bonds is 10. The average molecular weight is 510 g/mol. The number of aliphatic hydroxyl groups is 1. The number of aromatic hydroxyl groups is 1. The molecule has 0 aromatic heterocycles. The number of carbonyl (C=O) groups excluding carboxylic acids is 1. The van der Waals surface area contributed by atoms with Gasteiger partial charge >= 0.3 is 11.9 Å². The van der Waals surface area contributed by atoms with E-state index < -0.39 is 42.0 Å². The normalized spacial score (nSPS) is 22.6. The minimum atomic E-state index is -1.11. The average Bonchev–Trinajstić information content (AvgIpc) is 3.10. The van der Waals surface area contributed by atoms with E-state index >= 15 is 0 Å². The van der Waals surface area contributed by atoms with Gasteiger partial charge in [-0.25, -0.2) is 4.99 Å². The minimum absolute atomic E-state index is 0.0998. The number of hydrogen-bond donors (Lipinski definition) is 8. The topological polar surface area (TPSA) is 235 Å². The first-order valence-electron chi connectivity index (χ1n) is 11.8. The second-order valence-corrected chi connectivity index (χ2v) is 8.99. The van der Waals surface area contributed by atoms with Gasteiger partial charge in [-0.2, -0.15) is 0 Å². The molecule has 1 amide bonds. The Balaban J connectivity index is 0.000000420. The zero-order valence-corrected chi connectivity index (χ0v) is 20.9. The quantitative estimate of drug-likeness (QED) is 0.155. The molecule has 36 heavy (non-hydrogen) atoms. The van der Waals surface area contributed by atoms with Crippen molar-refractivity contribution >= 4 is 23.8 Å². The van der Waals surface area contributed by atoms with Crippen LogP contribution in [0.5, 0.6) is 5.75 Å². The number of nitrogens with zero attached hydrogens (tertiary/aromatic N) is 1. The molecule has 0 saturated heterocycles. The molecule has 2 rings (SSSR count). The summed E-state index contributed by atoms with van der Waals surface area (Å²) < 4.78 is 0. The van der Waals surface area contributed by atoms with Crippen molar-refractivity contribution in [1.82, 2.24) is 5.32 Å². The molecule has 0 heterocycles. The van der Waals surface area contributed by atoms with E-state index in [4.69, 9.17) is 27.4 Å². The number of aliphatic imine (C=N–C) groups is 1. The van der Waals surface area contributed by atoms with Gasteiger partial charge < -0.3 is 42.9 Å². The van der Waals surface area contributed by atoms with Crippen LogP contribution in [0.25, 0.3) is 0 Å². The van der Waals surface area contributed by atoms with Gasteiger partial charge in [-0.05, 0) is 36.5 Å². The summed E-state index contributed by atoms with van der Waals surface area (Å²) in [6, 6.07) is 4.51. The molecule has 1 aliphatic rings. The van der Waals surface area contributed by atoms with Crippen LogP contribution < -0.4 is 22.5 Å². The first-order valence-corrected chi connectivity index (χ1v) is 11.8. The van der Waals surface area contributed by atoms with Crippen molar-refractivity contribution in [1.29, 1.82) is 0 Å². The van der Waals surface area contributed by atoms with Crippen LogP contribution in [0, 0.1) is 17.8 Å². The SMILES string of the molecule is CCC(CC)[C@H](NC(C)=O)[C@@H]1[C@H](O)[C@@H](C(=O)O)C[C@H]1N=C(N)N.NC(Cc1ccc(O)cc1)C(=O)O. The van der Waals surface area contributed by atoms with E-state index in [0.29, 0.717) is 0 Å². The number of hydrogen-bond acceptors (Lipinski definition) is 7. The number of phenolic OH excluding ortho intramolecular Hbond substituents is 1. The molecule has 12 nitrogen and oxygen atoms in total. The summed E-state index contributed by atoms with van der Waals surface area (Å²) in [5.41, 5.74) is 17.0. The Morgan fingerprint density at radius 1 is 1.11 bits per heavy atom. The number of carbonyl (C=O) groups is 3. The third kappa shape index (κ3) is 9.00. The molecule has 1 aliphatic carbocycles. The van der Waals surface area contributed by atoms with Gasteiger partial charge in [0, 0.05) is 18.9 Å². The van der Waals surface area contributed by atoms with Gasteiger partial charge in [-0.15, -0.1) is 0 Å². The Bertz CT molecular complexity index is 901. The Hall–Kier alpha value is -3.38. The van der Waals surface area contributed by atoms with E-state index in [1.54, 1.807) is 12.1 Å². The summed E-state index contributed by atoms with van der Waals surface area (Å²) in [5.74, 6) is -3.70. The largest absolute Gasteiger partial charge is 0.508 e. The van der Waals surface area contributed by atoms with Crippen LogP contribution in [0.4, 0.5) is 0 Å². The molecule has 6 atom stereocenters. The van der Waals surface area contributed by atoms with Crippen LogP contribution in [0.2, 0.25) is 0 Å². The maximum atomic E-state index is 11.6. The molecule has 0 aliphatic heterocycles. The van der Waals surface area contributed by atoms with Crippen molar-refractivity contribution in [2.24, 2.45) is 39.9 Å². The highest BCUT2D eigenvalue weighted by molar-refractivity contribution is 5.77. The number of benzene rings is 1. The summed E-state index contributed by atoms with van der Waals surface area (Å²) >= 11 is 0. The number of carboxylic acids is 2. The third-order valence-corrected chi connectivity index (χ3v) is 6.43. The lowest BCUT2D eigenvalue weighted by atomic mass is 9.80. The van der Waals surface area contributed by atoms with Crippen molar-refractivity contribution in [2.75, 3.05) is 0 Å². The lowest BCUT2D eigenvalue weighted by molar-refractivity contribution is -0.145. The van der Waals surface area contributed by atoms with Gasteiger partial charge in [-0.3, -0.25) is 14.4 Å². The molecule has 1 fully saturated rings. The lowest BCUT2D eigenvalue weighted by Gasteiger charge is -2.35. The van der Waals surface area contributed by atoms with Gasteiger partial charge in [0.15, 0.2) is 5.96 Å². The Kier molecular flexibility index (Phi) is 12.1. The molecule has 0 bridgehead atoms. The van der Waals surface area contributed by atoms with Crippen LogP contribution in [0.3, 0.4) is 0 Å². The third-order valence-electron chi connectivity index (χ3n) is 6.43. The van der Waals surface area contributed by atoms with Gasteiger partial charge in [0.25, 0.3) is 0 Å². The number of aliphatic carboxylic acids is 2. The molecule has 0 spiro atoms. The van der Waals surface area contributed by atoms with E-state index in [1.807, 2.05) is 13.8 Å². The van der Waals surface area contributed by atoms with Crippen molar-refractivity contribution in [2.45, 2.75) is 70.7 Å². The first-order chi connectivity index (χ1) is 16.8. The summed E-state index contributed by atoms with van der Waals surface area (Å²) in [7, 11) is 0. The van der Waals surface area contributed by atoms with E-state index in [9.17, 15) is 24.6 Å². The molecule has 1 aromatic carbocycles. The van der Waals surface area contributed by atoms with Gasteiger partial charge in [0.1, 0.15) is 11.8 Å². The van der Waals surface area contributed by atoms with Crippen molar-refractivity contribution < 1.29 is 34.8 Å². The van der Waals surface area contributed by atoms with Gasteiger partial charge in [-0.1, -0.05) is 38.8 Å². The predicted octanol–water partition coefficient (Wildman–Crippen LogP) is -0.00250. The second kappa shape index (κ2) is 14.2. The second-order valence-electron chi connectivity index (χ2n) is 8.99. The molecular formula is C24H39N5O7. The Labute approximate surface area is 210 Å². The van der Waals surface area contributed by atoms with E-state index in [2.05, 4.69) is 10.3 Å². The monoisotopic (exact) mass is 509 g/mol. The fourth-order valence-corrected chi connectivity index (χ4v) is 4.61. The van der Waals surface area contributed by atoms with Crippen molar-refractivity contribution in [3.63, 3.8) is 0 Å². The highest BCUT2D eigenvalue weighted by Crippen LogP contribution is 2.39. The predicted molar refractivity (Wildman–Crippen MR) is 134 cm³/mol. The molecular weight excluding hydrogens is 470 g/mol. The zero-order chi connectivity index (χ0) is 27.6. The summed E-state index contributed by atoms with van der Waals surface area (Å²) in [6.45, 7) is 5.39. The van der Waals surface area contributed by atoms with Gasteiger partial charge in [0.2, 0.25) is 5.91 Å². The minimum Gasteiger partial charge on any atom is -0.508 e. The molecule has 11 N–H and O–H groups in total. The fourth-order valence-electron chi connectivity index (χ4n) is 4.61. The zero-order valence-electron chi connectivity index (χ0n) is 20.9. The first kappa shape index (κ1) is 30.7. The van der Waals surface area contributed by atoms with E-state index in [0.717, 1.165) is 18.4 Å². The maximum absolute atomic E-state index is 11.6. The Morgan fingerprint density at radius 2 is 1.67 bits per heavy atom. The van der Waals surface area contributed by atoms with Crippen LogP contribution >= 0.6 is 0 Å². The highest BCUT2D eigenvalue weighted by atomic mass is 16.4. The smallest absolute Gasteiger partial charge is 0.320 e. The van der Waals surface area contributed by atoms with Gasteiger partial charge in [0.05, 0.1) is 18.1 Å². The molecule has 0 radical (unpaired) electrons. The number of phenols is 1. The van der Waals surface area contributed by atoms with E-state index in [-0.39, 0.29) is 42.4 Å². The number of nitrogens with one attached hydrogen (secondary N) is 1. The fraction of sp³-hybridized carbons (Fsp3) is 0.583. The summed E-state index contributed by atoms with van der Waals surface area (Å²) in [6.07, 6.45) is 0.886. The standard InChI is InChI=1S/C15H28N4O4.C9H11NO3/c1-4-8(5-2)12(18-7(3)20)11-10(19-15(16)17)6-9(13(11)21)14(22)23;10-8(9(12)13)5-6-1-3-7(11)4-2-6/h8-13,21H,4-6H2,1-3H3,(H,18,20)(H,22,23)(H4,16,17,19);1-4,8,11H,5,10H2,(H,12,13)/t9-,10+,11+,12-,13+;/m0./s1. The highest BCUT2D eigenvalue weighted by Gasteiger charge is 2.50. The number of guanidine groups is 1. The summed E-state index contributed by atoms with van der Waals surface area (Å²) in [4.78, 5) is 37.5. The number of carboxylic acid groups (broad SMARTS) is 2. The van der Waals surface area contributed by atoms with Crippen LogP contribution in [-0.4, -0.2) is 68.5 Å². The molecule has 202 valence electrons. The van der Waals surface area contributed by atoms with Crippen LogP contribution in [0.15, 0.2) is 29.3 Å². The molecule has 1 saturated carbocycles. The van der Waals surface area contributed by atoms with Crippen LogP contribution in [-0.2, 0) is 20.8 Å². The molecule has 12 heteroatoms.